The van der Waals surface area contributed by atoms with E-state index in [-0.39, 0.29) is 0 Å². The summed E-state index contributed by atoms with van der Waals surface area (Å²) in [6.07, 6.45) is 1.50. The van der Waals surface area contributed by atoms with Crippen LogP contribution in [0.25, 0.3) is 0 Å². The molecule has 0 fully saturated rings. The summed E-state index contributed by atoms with van der Waals surface area (Å²) in [4.78, 5) is 16.7. The first-order valence-electron chi connectivity index (χ1n) is 4.16. The van der Waals surface area contributed by atoms with Crippen LogP contribution in [0.1, 0.15) is 11.1 Å². The average Bonchev–Trinajstić information content (AvgIpc) is 2.34. The van der Waals surface area contributed by atoms with Gasteiger partial charge in [-0.05, 0) is 25.0 Å². The van der Waals surface area contributed by atoms with Crippen LogP contribution >= 0.6 is 46.4 Å². The minimum Gasteiger partial charge on any atom is -0.222 e. The van der Waals surface area contributed by atoms with Crippen LogP contribution in [0.15, 0.2) is 0 Å². The maximum atomic E-state index is 8.35. The van der Waals surface area contributed by atoms with Gasteiger partial charge in [0.1, 0.15) is 0 Å². The van der Waals surface area contributed by atoms with E-state index in [0.717, 1.165) is 23.3 Å². The van der Waals surface area contributed by atoms with E-state index in [1.54, 1.807) is 0 Å². The largest absolute Gasteiger partial charge is 0.231 e. The van der Waals surface area contributed by atoms with Crippen LogP contribution in [0.2, 0.25) is 20.1 Å². The van der Waals surface area contributed by atoms with E-state index in [9.17, 15) is 0 Å². The minimum absolute atomic E-state index is 0.325. The number of halogens is 4. The highest BCUT2D eigenvalue weighted by atomic mass is 35.5. The number of hydrogen-bond donors (Lipinski definition) is 2. The van der Waals surface area contributed by atoms with Crippen molar-refractivity contribution in [2.45, 2.75) is 13.8 Å². The SMILES string of the molecule is Cc1c(C)c(Cl)c(Cl)c(Cl)c1Cl.N=C=O.N=C=O. The van der Waals surface area contributed by atoms with E-state index in [2.05, 4.69) is 0 Å². The fraction of sp³-hybridized carbons (Fsp3) is 0.200. The summed E-state index contributed by atoms with van der Waals surface area (Å²) in [5, 5.41) is 12.4. The molecule has 0 unspecified atom stereocenters. The number of hydrogen-bond acceptors (Lipinski definition) is 4. The average molecular weight is 330 g/mol. The van der Waals surface area contributed by atoms with Crippen LogP contribution in [-0.2, 0) is 9.59 Å². The predicted molar refractivity (Wildman–Crippen MR) is 72.8 cm³/mol. The Kier molecular flexibility index (Phi) is 10.9. The third kappa shape index (κ3) is 5.65. The summed E-state index contributed by atoms with van der Waals surface area (Å²) in [5.74, 6) is 0. The Hall–Kier alpha value is -0.860. The Labute approximate surface area is 124 Å². The van der Waals surface area contributed by atoms with E-state index in [1.165, 1.54) is 0 Å². The monoisotopic (exact) mass is 328 g/mol. The molecule has 0 amide bonds. The second kappa shape index (κ2) is 10.1. The van der Waals surface area contributed by atoms with E-state index >= 15 is 0 Å². The van der Waals surface area contributed by atoms with E-state index in [0.29, 0.717) is 20.1 Å². The van der Waals surface area contributed by atoms with Gasteiger partial charge in [-0.2, -0.15) is 0 Å². The number of carbonyl (C=O) groups excluding carboxylic acids is 2. The number of rotatable bonds is 0. The molecule has 18 heavy (non-hydrogen) atoms. The van der Waals surface area contributed by atoms with Crippen LogP contribution in [0.4, 0.5) is 0 Å². The summed E-state index contributed by atoms with van der Waals surface area (Å²) in [7, 11) is 0. The first-order chi connectivity index (χ1) is 8.29. The van der Waals surface area contributed by atoms with E-state index in [4.69, 9.17) is 66.8 Å². The second-order valence-electron chi connectivity index (χ2n) is 2.71. The predicted octanol–water partition coefficient (Wildman–Crippen LogP) is 4.72. The molecule has 1 aromatic carbocycles. The first-order valence-corrected chi connectivity index (χ1v) is 5.68. The van der Waals surface area contributed by atoms with Crippen molar-refractivity contribution in [3.8, 4) is 0 Å². The quantitative estimate of drug-likeness (QED) is 0.312. The molecule has 8 heteroatoms. The van der Waals surface area contributed by atoms with Gasteiger partial charge in [0, 0.05) is 0 Å². The molecule has 0 aliphatic carbocycles. The van der Waals surface area contributed by atoms with Gasteiger partial charge < -0.3 is 0 Å². The zero-order valence-electron chi connectivity index (χ0n) is 9.33. The van der Waals surface area contributed by atoms with Gasteiger partial charge in [0.05, 0.1) is 20.1 Å². The Morgan fingerprint density at radius 2 is 0.889 bits per heavy atom. The first kappa shape index (κ1) is 19.5. The number of benzene rings is 1. The van der Waals surface area contributed by atoms with Crippen molar-refractivity contribution in [3.63, 3.8) is 0 Å². The fourth-order valence-corrected chi connectivity index (χ4v) is 1.89. The molecular weight excluding hydrogens is 322 g/mol. The van der Waals surface area contributed by atoms with Crippen molar-refractivity contribution in [1.82, 2.24) is 0 Å². The number of nitrogens with one attached hydrogen (secondary N) is 2. The third-order valence-electron chi connectivity index (χ3n) is 1.80. The highest BCUT2D eigenvalue weighted by Gasteiger charge is 2.14. The van der Waals surface area contributed by atoms with Crippen LogP contribution in [-0.4, -0.2) is 12.2 Å². The van der Waals surface area contributed by atoms with Crippen molar-refractivity contribution in [2.24, 2.45) is 0 Å². The molecule has 0 spiro atoms. The standard InChI is InChI=1S/C8H6Cl4.2CHNO/c1-3-4(2)6(10)8(12)7(11)5(3)9;2*2-1-3/h1-2H3;2*2H. The lowest BCUT2D eigenvalue weighted by atomic mass is 10.1. The van der Waals surface area contributed by atoms with Crippen LogP contribution < -0.4 is 0 Å². The normalized spacial score (nSPS) is 7.89. The van der Waals surface area contributed by atoms with Crippen molar-refractivity contribution < 1.29 is 9.59 Å². The fourth-order valence-electron chi connectivity index (χ4n) is 0.851. The molecule has 0 saturated carbocycles. The number of isocyanates is 2. The molecule has 0 heterocycles. The molecular formula is C10H8Cl4N2O2. The topological polar surface area (TPSA) is 81.8 Å². The molecule has 0 radical (unpaired) electrons. The van der Waals surface area contributed by atoms with Gasteiger partial charge in [0.2, 0.25) is 12.2 Å². The molecule has 0 bridgehead atoms. The highest BCUT2D eigenvalue weighted by Crippen LogP contribution is 2.40. The molecule has 2 N–H and O–H groups in total. The van der Waals surface area contributed by atoms with E-state index in [1.807, 2.05) is 13.8 Å². The van der Waals surface area contributed by atoms with Gasteiger partial charge in [-0.1, -0.05) is 46.4 Å². The maximum absolute atomic E-state index is 8.35. The summed E-state index contributed by atoms with van der Waals surface area (Å²) in [6.45, 7) is 3.71. The molecule has 1 rings (SSSR count). The zero-order chi connectivity index (χ0) is 14.9. The maximum Gasteiger partial charge on any atom is 0.231 e. The lowest BCUT2D eigenvalue weighted by molar-refractivity contribution is 0.562. The Balaban J connectivity index is 0. The molecule has 0 atom stereocenters. The van der Waals surface area contributed by atoms with Crippen LogP contribution in [0, 0.1) is 24.7 Å². The van der Waals surface area contributed by atoms with Gasteiger partial charge in [-0.3, -0.25) is 0 Å². The molecule has 0 aromatic heterocycles. The molecule has 98 valence electrons. The Morgan fingerprint density at radius 3 is 1.06 bits per heavy atom. The highest BCUT2D eigenvalue weighted by molar-refractivity contribution is 6.52. The lowest BCUT2D eigenvalue weighted by Crippen LogP contribution is -1.87. The van der Waals surface area contributed by atoms with Crippen molar-refractivity contribution in [1.29, 1.82) is 10.8 Å². The van der Waals surface area contributed by atoms with Crippen LogP contribution in [0.3, 0.4) is 0 Å². The summed E-state index contributed by atoms with van der Waals surface area (Å²) >= 11 is 23.4. The van der Waals surface area contributed by atoms with Crippen LogP contribution in [0.5, 0.6) is 0 Å². The smallest absolute Gasteiger partial charge is 0.222 e. The van der Waals surface area contributed by atoms with Gasteiger partial charge in [0.15, 0.2) is 0 Å². The molecule has 4 nitrogen and oxygen atoms in total. The summed E-state index contributed by atoms with van der Waals surface area (Å²) < 4.78 is 0. The van der Waals surface area contributed by atoms with Crippen molar-refractivity contribution >= 4 is 58.6 Å². The third-order valence-corrected chi connectivity index (χ3v) is 3.79. The Morgan fingerprint density at radius 1 is 0.722 bits per heavy atom. The van der Waals surface area contributed by atoms with Gasteiger partial charge in [0.25, 0.3) is 0 Å². The van der Waals surface area contributed by atoms with Gasteiger partial charge in [-0.15, -0.1) is 0 Å². The van der Waals surface area contributed by atoms with Gasteiger partial charge >= 0.3 is 0 Å². The van der Waals surface area contributed by atoms with Crippen molar-refractivity contribution in [2.75, 3.05) is 0 Å². The molecule has 0 aliphatic heterocycles. The molecule has 0 saturated heterocycles. The zero-order valence-corrected chi connectivity index (χ0v) is 12.4. The van der Waals surface area contributed by atoms with Crippen molar-refractivity contribution in [3.05, 3.63) is 31.2 Å². The Bertz CT molecular complexity index is 374. The summed E-state index contributed by atoms with van der Waals surface area (Å²) in [5.41, 5.74) is 1.74. The lowest BCUT2D eigenvalue weighted by Gasteiger charge is -2.09. The van der Waals surface area contributed by atoms with E-state index < -0.39 is 0 Å². The molecule has 1 aromatic rings. The van der Waals surface area contributed by atoms with Gasteiger partial charge in [-0.25, -0.2) is 20.4 Å². The summed E-state index contributed by atoms with van der Waals surface area (Å²) in [6, 6.07) is 0. The second-order valence-corrected chi connectivity index (χ2v) is 4.22. The molecule has 0 aliphatic rings. The minimum atomic E-state index is 0.325.